The molecule has 0 fully saturated rings. The van der Waals surface area contributed by atoms with E-state index in [9.17, 15) is 26.8 Å². The minimum absolute atomic E-state index is 0.0622. The Hall–Kier alpha value is -3.01. The van der Waals surface area contributed by atoms with Crippen molar-refractivity contribution in [2.45, 2.75) is 0 Å². The Balaban J connectivity index is 2.30. The first-order valence-corrected chi connectivity index (χ1v) is 9.38. The second-order valence-corrected chi connectivity index (χ2v) is 7.36. The highest BCUT2D eigenvalue weighted by Crippen LogP contribution is 2.23. The molecule has 0 aromatic heterocycles. The van der Waals surface area contributed by atoms with Crippen LogP contribution in [0.5, 0.6) is 0 Å². The number of nitrogens with one attached hydrogen (secondary N) is 1. The Labute approximate surface area is 154 Å². The lowest BCUT2D eigenvalue weighted by atomic mass is 10.2. The van der Waals surface area contributed by atoms with Gasteiger partial charge >= 0.3 is 5.97 Å². The van der Waals surface area contributed by atoms with Crippen LogP contribution >= 0.6 is 0 Å². The van der Waals surface area contributed by atoms with Crippen molar-refractivity contribution in [1.82, 2.24) is 0 Å². The number of sulfonamides is 1. The lowest BCUT2D eigenvalue weighted by Crippen LogP contribution is -2.38. The fourth-order valence-corrected chi connectivity index (χ4v) is 3.12. The molecule has 0 saturated carbocycles. The predicted octanol–water partition coefficient (Wildman–Crippen LogP) is 2.16. The van der Waals surface area contributed by atoms with Crippen LogP contribution < -0.4 is 9.62 Å². The van der Waals surface area contributed by atoms with Crippen LogP contribution in [0, 0.1) is 11.6 Å². The summed E-state index contributed by atoms with van der Waals surface area (Å²) >= 11 is 0. The van der Waals surface area contributed by atoms with Gasteiger partial charge in [0.05, 0.1) is 30.3 Å². The van der Waals surface area contributed by atoms with Crippen LogP contribution in [0.1, 0.15) is 10.4 Å². The normalized spacial score (nSPS) is 11.0. The number of hydrogen-bond donors (Lipinski definition) is 1. The van der Waals surface area contributed by atoms with Crippen LogP contribution in [0.3, 0.4) is 0 Å². The molecule has 0 aliphatic rings. The molecule has 2 aromatic carbocycles. The van der Waals surface area contributed by atoms with Crippen molar-refractivity contribution in [1.29, 1.82) is 0 Å². The lowest BCUT2D eigenvalue weighted by molar-refractivity contribution is -0.114. The van der Waals surface area contributed by atoms with Gasteiger partial charge in [0.2, 0.25) is 15.9 Å². The third kappa shape index (κ3) is 5.00. The molecule has 0 saturated heterocycles. The summed E-state index contributed by atoms with van der Waals surface area (Å²) in [7, 11) is -2.88. The summed E-state index contributed by atoms with van der Waals surface area (Å²) in [6, 6.07) is 8.25. The van der Waals surface area contributed by atoms with Gasteiger partial charge in [-0.1, -0.05) is 12.1 Å². The van der Waals surface area contributed by atoms with Gasteiger partial charge in [-0.2, -0.15) is 0 Å². The SMILES string of the molecule is COC(=O)c1ccccc1NC(=O)CN(c1ccc(F)cc1F)S(C)(=O)=O. The third-order valence-corrected chi connectivity index (χ3v) is 4.60. The maximum Gasteiger partial charge on any atom is 0.339 e. The van der Waals surface area contributed by atoms with Gasteiger partial charge in [-0.25, -0.2) is 22.0 Å². The van der Waals surface area contributed by atoms with Crippen molar-refractivity contribution in [3.8, 4) is 0 Å². The number of esters is 1. The second-order valence-electron chi connectivity index (χ2n) is 5.45. The van der Waals surface area contributed by atoms with Gasteiger partial charge in [0.25, 0.3) is 0 Å². The fourth-order valence-electron chi connectivity index (χ4n) is 2.26. The van der Waals surface area contributed by atoms with Crippen LogP contribution in [0.4, 0.5) is 20.2 Å². The van der Waals surface area contributed by atoms with E-state index in [-0.39, 0.29) is 11.3 Å². The largest absolute Gasteiger partial charge is 0.465 e. The molecule has 7 nitrogen and oxygen atoms in total. The monoisotopic (exact) mass is 398 g/mol. The molecule has 0 unspecified atom stereocenters. The van der Waals surface area contributed by atoms with E-state index in [1.165, 1.54) is 19.2 Å². The Morgan fingerprint density at radius 1 is 1.15 bits per heavy atom. The van der Waals surface area contributed by atoms with Crippen molar-refractivity contribution in [3.05, 3.63) is 59.7 Å². The summed E-state index contributed by atoms with van der Waals surface area (Å²) < 4.78 is 56.2. The third-order valence-electron chi connectivity index (χ3n) is 3.47. The number of methoxy groups -OCH3 is 1. The number of anilines is 2. The topological polar surface area (TPSA) is 92.8 Å². The molecule has 0 aliphatic heterocycles. The van der Waals surface area contributed by atoms with Gasteiger partial charge in [0.1, 0.15) is 18.2 Å². The number of nitrogens with zero attached hydrogens (tertiary/aromatic N) is 1. The van der Waals surface area contributed by atoms with Crippen molar-refractivity contribution in [2.75, 3.05) is 29.5 Å². The number of para-hydroxylation sites is 1. The van der Waals surface area contributed by atoms with Crippen LogP contribution in [-0.4, -0.2) is 40.2 Å². The van der Waals surface area contributed by atoms with E-state index in [1.54, 1.807) is 12.1 Å². The molecule has 10 heteroatoms. The number of amides is 1. The highest BCUT2D eigenvalue weighted by Gasteiger charge is 2.24. The number of benzene rings is 2. The number of carbonyl (C=O) groups is 2. The van der Waals surface area contributed by atoms with E-state index >= 15 is 0 Å². The smallest absolute Gasteiger partial charge is 0.339 e. The van der Waals surface area contributed by atoms with Gasteiger partial charge in [0, 0.05) is 6.07 Å². The summed E-state index contributed by atoms with van der Waals surface area (Å²) in [6.45, 7) is -0.781. The van der Waals surface area contributed by atoms with Gasteiger partial charge < -0.3 is 10.1 Å². The first-order valence-electron chi connectivity index (χ1n) is 7.53. The first-order chi connectivity index (χ1) is 12.6. The molecule has 1 N–H and O–H groups in total. The number of ether oxygens (including phenoxy) is 1. The molecule has 0 bridgehead atoms. The van der Waals surface area contributed by atoms with Crippen molar-refractivity contribution in [2.24, 2.45) is 0 Å². The van der Waals surface area contributed by atoms with Gasteiger partial charge in [-0.15, -0.1) is 0 Å². The standard InChI is InChI=1S/C17H16F2N2O5S/c1-26-17(23)12-5-3-4-6-14(12)20-16(22)10-21(27(2,24)25)15-8-7-11(18)9-13(15)19/h3-9H,10H2,1-2H3,(H,20,22). The number of carbonyl (C=O) groups excluding carboxylic acids is 2. The number of hydrogen-bond acceptors (Lipinski definition) is 5. The molecule has 144 valence electrons. The average molecular weight is 398 g/mol. The zero-order chi connectivity index (χ0) is 20.2. The molecule has 0 spiro atoms. The van der Waals surface area contributed by atoms with Crippen molar-refractivity contribution >= 4 is 33.3 Å². The summed E-state index contributed by atoms with van der Waals surface area (Å²) in [5.41, 5.74) is -0.315. The molecule has 2 aromatic rings. The Kier molecular flexibility index (Phi) is 6.11. The van der Waals surface area contributed by atoms with Crippen LogP contribution in [0.15, 0.2) is 42.5 Å². The quantitative estimate of drug-likeness (QED) is 0.753. The van der Waals surface area contributed by atoms with E-state index in [0.29, 0.717) is 10.4 Å². The summed E-state index contributed by atoms with van der Waals surface area (Å²) in [5.74, 6) is -3.56. The maximum absolute atomic E-state index is 14.0. The number of halogens is 2. The fraction of sp³-hybridized carbons (Fsp3) is 0.176. The molecule has 0 aliphatic carbocycles. The Bertz CT molecular complexity index is 979. The van der Waals surface area contributed by atoms with Gasteiger partial charge in [0.15, 0.2) is 0 Å². The average Bonchev–Trinajstić information content (AvgIpc) is 2.59. The second kappa shape index (κ2) is 8.12. The summed E-state index contributed by atoms with van der Waals surface area (Å²) in [5, 5.41) is 2.39. The van der Waals surface area contributed by atoms with Gasteiger partial charge in [-0.3, -0.25) is 9.10 Å². The van der Waals surface area contributed by atoms with Crippen LogP contribution in [0.25, 0.3) is 0 Å². The Morgan fingerprint density at radius 3 is 2.41 bits per heavy atom. The molecular weight excluding hydrogens is 382 g/mol. The molecule has 0 atom stereocenters. The summed E-state index contributed by atoms with van der Waals surface area (Å²) in [6.07, 6.45) is 0.783. The highest BCUT2D eigenvalue weighted by atomic mass is 32.2. The van der Waals surface area contributed by atoms with E-state index in [4.69, 9.17) is 0 Å². The minimum atomic E-state index is -4.05. The lowest BCUT2D eigenvalue weighted by Gasteiger charge is -2.22. The van der Waals surface area contributed by atoms with E-state index < -0.39 is 45.8 Å². The highest BCUT2D eigenvalue weighted by molar-refractivity contribution is 7.92. The van der Waals surface area contributed by atoms with E-state index in [1.807, 2.05) is 0 Å². The minimum Gasteiger partial charge on any atom is -0.465 e. The zero-order valence-electron chi connectivity index (χ0n) is 14.4. The van der Waals surface area contributed by atoms with E-state index in [0.717, 1.165) is 18.4 Å². The molecule has 0 radical (unpaired) electrons. The van der Waals surface area contributed by atoms with Crippen molar-refractivity contribution in [3.63, 3.8) is 0 Å². The maximum atomic E-state index is 14.0. The van der Waals surface area contributed by atoms with Crippen molar-refractivity contribution < 1.29 is 31.5 Å². The molecule has 1 amide bonds. The van der Waals surface area contributed by atoms with Gasteiger partial charge in [-0.05, 0) is 24.3 Å². The molecule has 2 rings (SSSR count). The summed E-state index contributed by atoms with van der Waals surface area (Å²) in [4.78, 5) is 24.0. The Morgan fingerprint density at radius 2 is 1.81 bits per heavy atom. The number of rotatable bonds is 6. The van der Waals surface area contributed by atoms with E-state index in [2.05, 4.69) is 10.1 Å². The van der Waals surface area contributed by atoms with Crippen LogP contribution in [-0.2, 0) is 19.6 Å². The van der Waals surface area contributed by atoms with Crippen LogP contribution in [0.2, 0.25) is 0 Å². The zero-order valence-corrected chi connectivity index (χ0v) is 15.2. The first kappa shape index (κ1) is 20.3. The predicted molar refractivity (Wildman–Crippen MR) is 95.0 cm³/mol. The molecule has 0 heterocycles. The molecular formula is C17H16F2N2O5S. The molecule has 27 heavy (non-hydrogen) atoms.